The molecule has 12 nitrogen and oxygen atoms in total. The molecule has 0 unspecified atom stereocenters. The van der Waals surface area contributed by atoms with Crippen LogP contribution in [0, 0.1) is 0 Å². The van der Waals surface area contributed by atoms with Gasteiger partial charge in [0.2, 0.25) is 11.9 Å². The van der Waals surface area contributed by atoms with Crippen LogP contribution >= 0.6 is 23.2 Å². The third kappa shape index (κ3) is 10.0. The van der Waals surface area contributed by atoms with Crippen LogP contribution < -0.4 is 26.5 Å². The van der Waals surface area contributed by atoms with Gasteiger partial charge in [0.25, 0.3) is 11.1 Å². The largest absolute Gasteiger partial charge is 0.508 e. The Morgan fingerprint density at radius 3 is 1.54 bits per heavy atom. The number of benzene rings is 4. The van der Waals surface area contributed by atoms with Crippen LogP contribution in [0.3, 0.4) is 0 Å². The number of methoxy groups -OCH3 is 1. The molecule has 3 N–H and O–H groups in total. The summed E-state index contributed by atoms with van der Waals surface area (Å²) in [5.41, 5.74) is 4.67. The Hall–Kier alpha value is -6.76. The number of hydrogen-bond acceptors (Lipinski definition) is 10. The molecule has 0 bridgehead atoms. The van der Waals surface area contributed by atoms with E-state index < -0.39 is 0 Å². The molecule has 0 radical (unpaired) electrons. The fourth-order valence-electron chi connectivity index (χ4n) is 6.44. The van der Waals surface area contributed by atoms with Gasteiger partial charge in [-0.3, -0.25) is 18.7 Å². The Morgan fingerprint density at radius 1 is 0.627 bits per heavy atom. The Kier molecular flexibility index (Phi) is 12.5. The highest BCUT2D eigenvalue weighted by molar-refractivity contribution is 6.30. The van der Waals surface area contributed by atoms with Crippen molar-refractivity contribution in [2.24, 2.45) is 0 Å². The molecule has 0 aliphatic carbocycles. The molecule has 0 aliphatic rings. The molecular weight excluding hydrogens is 787 g/mol. The van der Waals surface area contributed by atoms with Gasteiger partial charge >= 0.3 is 0 Å². The van der Waals surface area contributed by atoms with Crippen LogP contribution in [-0.4, -0.2) is 41.3 Å². The van der Waals surface area contributed by atoms with E-state index in [1.165, 1.54) is 12.1 Å². The summed E-state index contributed by atoms with van der Waals surface area (Å²) in [5, 5.41) is 19.2. The summed E-state index contributed by atoms with van der Waals surface area (Å²) >= 11 is 11.9. The van der Waals surface area contributed by atoms with Gasteiger partial charge in [-0.1, -0.05) is 71.7 Å². The second-order valence-electron chi connectivity index (χ2n) is 13.8. The van der Waals surface area contributed by atoms with E-state index in [1.807, 2.05) is 92.7 Å². The number of nitrogens with one attached hydrogen (secondary N) is 2. The number of rotatable bonds is 11. The summed E-state index contributed by atoms with van der Waals surface area (Å²) in [7, 11) is 1.62. The summed E-state index contributed by atoms with van der Waals surface area (Å²) in [6, 6.07) is 36.1. The van der Waals surface area contributed by atoms with Crippen molar-refractivity contribution in [3.63, 3.8) is 0 Å². The maximum absolute atomic E-state index is 12.6. The average molecular weight is 828 g/mol. The van der Waals surface area contributed by atoms with Crippen LogP contribution in [0.5, 0.6) is 11.5 Å². The van der Waals surface area contributed by atoms with Gasteiger partial charge in [0, 0.05) is 45.3 Å². The number of hydrogen-bond donors (Lipinski definition) is 3. The van der Waals surface area contributed by atoms with Crippen LogP contribution in [-0.2, 0) is 13.1 Å². The number of halogens is 2. The predicted octanol–water partition coefficient (Wildman–Crippen LogP) is 9.05. The van der Waals surface area contributed by atoms with Crippen molar-refractivity contribution in [3.05, 3.63) is 187 Å². The first kappa shape index (κ1) is 40.4. The number of anilines is 2. The lowest BCUT2D eigenvalue weighted by Crippen LogP contribution is -2.21. The predicted molar refractivity (Wildman–Crippen MR) is 234 cm³/mol. The minimum atomic E-state index is -0.170. The van der Waals surface area contributed by atoms with E-state index >= 15 is 0 Å². The summed E-state index contributed by atoms with van der Waals surface area (Å²) < 4.78 is 8.51. The molecule has 0 amide bonds. The molecule has 0 saturated carbocycles. The van der Waals surface area contributed by atoms with E-state index in [0.717, 1.165) is 38.8 Å². The van der Waals surface area contributed by atoms with Crippen LogP contribution in [0.25, 0.3) is 22.1 Å². The molecule has 14 heteroatoms. The van der Waals surface area contributed by atoms with Gasteiger partial charge in [0.15, 0.2) is 0 Å². The van der Waals surface area contributed by atoms with Crippen molar-refractivity contribution < 1.29 is 9.84 Å². The molecular formula is C45H40Cl2N8O4. The first-order chi connectivity index (χ1) is 28.5. The highest BCUT2D eigenvalue weighted by Gasteiger charge is 2.13. The van der Waals surface area contributed by atoms with Gasteiger partial charge in [-0.05, 0) is 96.8 Å². The number of fused-ring (bicyclic) bond motifs is 2. The van der Waals surface area contributed by atoms with E-state index in [4.69, 9.17) is 27.9 Å². The number of ether oxygens (including phenoxy) is 1. The van der Waals surface area contributed by atoms with Crippen molar-refractivity contribution in [2.75, 3.05) is 17.7 Å². The van der Waals surface area contributed by atoms with Crippen molar-refractivity contribution in [1.82, 2.24) is 29.1 Å². The summed E-state index contributed by atoms with van der Waals surface area (Å²) in [5.74, 6) is 1.78. The van der Waals surface area contributed by atoms with Crippen molar-refractivity contribution in [3.8, 4) is 11.5 Å². The quantitative estimate of drug-likeness (QED) is 0.115. The van der Waals surface area contributed by atoms with Gasteiger partial charge in [-0.15, -0.1) is 0 Å². The lowest BCUT2D eigenvalue weighted by Gasteiger charge is -2.16. The van der Waals surface area contributed by atoms with E-state index in [-0.39, 0.29) is 29.0 Å². The lowest BCUT2D eigenvalue weighted by atomic mass is 10.1. The minimum Gasteiger partial charge on any atom is -0.508 e. The number of phenolic OH excluding ortho intramolecular Hbond substituents is 1. The number of phenols is 1. The fourth-order valence-corrected chi connectivity index (χ4v) is 6.69. The molecule has 0 saturated heterocycles. The van der Waals surface area contributed by atoms with Gasteiger partial charge in [0.05, 0.1) is 32.3 Å². The molecule has 0 aliphatic heterocycles. The third-order valence-corrected chi connectivity index (χ3v) is 10.1. The second-order valence-corrected chi connectivity index (χ2v) is 14.7. The first-order valence-corrected chi connectivity index (χ1v) is 19.5. The van der Waals surface area contributed by atoms with E-state index in [0.29, 0.717) is 46.3 Å². The lowest BCUT2D eigenvalue weighted by molar-refractivity contribution is 0.414. The number of nitrogens with zero attached hydrogens (tertiary/aromatic N) is 6. The fraction of sp³-hybridized carbons (Fsp3) is 0.156. The Bertz CT molecular complexity index is 2850. The highest BCUT2D eigenvalue weighted by atomic mass is 35.5. The second kappa shape index (κ2) is 18.2. The standard InChI is InChI=1S/C23H21ClN4O2.C22H19ClN4O2/c1-15(17-6-9-19(24)10-7-17)26-23-25-13-18-8-11-21(29)28(22(18)27-23)14-16-4-3-5-20(12-16)30-2;1-14(16-5-8-18(23)9-6-16)25-22-24-12-17-7-10-20(29)27(21(17)26-22)13-15-3-2-4-19(28)11-15/h3-13,15H,14H2,1-2H3,(H,25,26,27);2-12,14,28H,13H2,1H3,(H,24,25,26)/t15-;14-/m00/s1. The average Bonchev–Trinajstić information content (AvgIpc) is 3.24. The number of aromatic hydroxyl groups is 1. The maximum Gasteiger partial charge on any atom is 0.252 e. The Balaban J connectivity index is 0.000000179. The Labute approximate surface area is 349 Å². The molecule has 8 rings (SSSR count). The van der Waals surface area contributed by atoms with Gasteiger partial charge < -0.3 is 20.5 Å². The van der Waals surface area contributed by atoms with Crippen LogP contribution in [0.1, 0.15) is 48.2 Å². The molecule has 4 aromatic carbocycles. The molecule has 8 aromatic rings. The monoisotopic (exact) mass is 826 g/mol. The minimum absolute atomic E-state index is 0.0259. The smallest absolute Gasteiger partial charge is 0.252 e. The zero-order valence-corrected chi connectivity index (χ0v) is 33.9. The van der Waals surface area contributed by atoms with Gasteiger partial charge in [0.1, 0.15) is 22.8 Å². The van der Waals surface area contributed by atoms with Crippen molar-refractivity contribution in [1.29, 1.82) is 0 Å². The first-order valence-electron chi connectivity index (χ1n) is 18.7. The molecule has 298 valence electrons. The molecule has 0 fully saturated rings. The van der Waals surface area contributed by atoms with E-state index in [2.05, 4.69) is 30.6 Å². The van der Waals surface area contributed by atoms with E-state index in [1.54, 1.807) is 59.0 Å². The Morgan fingerprint density at radius 2 is 1.08 bits per heavy atom. The topological polar surface area (TPSA) is 149 Å². The number of pyridine rings is 2. The molecule has 2 atom stereocenters. The molecule has 4 heterocycles. The highest BCUT2D eigenvalue weighted by Crippen LogP contribution is 2.23. The maximum atomic E-state index is 12.6. The zero-order valence-electron chi connectivity index (χ0n) is 32.4. The number of aromatic nitrogens is 6. The summed E-state index contributed by atoms with van der Waals surface area (Å²) in [6.07, 6.45) is 3.42. The van der Waals surface area contributed by atoms with Crippen LogP contribution in [0.15, 0.2) is 143 Å². The molecule has 0 spiro atoms. The third-order valence-electron chi connectivity index (χ3n) is 9.60. The molecule has 4 aromatic heterocycles. The summed E-state index contributed by atoms with van der Waals surface area (Å²) in [6.45, 7) is 4.71. The van der Waals surface area contributed by atoms with Crippen LogP contribution in [0.2, 0.25) is 10.0 Å². The van der Waals surface area contributed by atoms with Gasteiger partial charge in [-0.25, -0.2) is 9.97 Å². The zero-order chi connectivity index (χ0) is 41.5. The van der Waals surface area contributed by atoms with Gasteiger partial charge in [-0.2, -0.15) is 9.97 Å². The van der Waals surface area contributed by atoms with Crippen molar-refractivity contribution in [2.45, 2.75) is 39.0 Å². The van der Waals surface area contributed by atoms with E-state index in [9.17, 15) is 14.7 Å². The normalized spacial score (nSPS) is 12.0. The summed E-state index contributed by atoms with van der Waals surface area (Å²) in [4.78, 5) is 43.2. The molecule has 59 heavy (non-hydrogen) atoms. The van der Waals surface area contributed by atoms with Crippen molar-refractivity contribution >= 4 is 57.2 Å². The SMILES string of the molecule is COc1cccc(Cn2c(=O)ccc3cnc(N[C@@H](C)c4ccc(Cl)cc4)nc32)c1.C[C@H](Nc1ncc2ccc(=O)n(Cc3cccc(O)c3)c2n1)c1ccc(Cl)cc1. The van der Waals surface area contributed by atoms with Crippen LogP contribution in [0.4, 0.5) is 11.9 Å².